The second-order valence-electron chi connectivity index (χ2n) is 4.99. The van der Waals surface area contributed by atoms with E-state index in [0.717, 1.165) is 0 Å². The Balaban J connectivity index is 2.22. The van der Waals surface area contributed by atoms with Crippen LogP contribution in [-0.4, -0.2) is 39.1 Å². The third-order valence-electron chi connectivity index (χ3n) is 3.72. The minimum atomic E-state index is -1.31. The lowest BCUT2D eigenvalue weighted by molar-refractivity contribution is -0.159. The molecule has 0 radical (unpaired) electrons. The summed E-state index contributed by atoms with van der Waals surface area (Å²) in [6, 6.07) is 8.55. The summed E-state index contributed by atoms with van der Waals surface area (Å²) in [4.78, 5) is 24.9. The van der Waals surface area contributed by atoms with Crippen molar-refractivity contribution in [2.24, 2.45) is 0 Å². The van der Waals surface area contributed by atoms with Gasteiger partial charge in [-0.25, -0.2) is 4.79 Å². The Morgan fingerprint density at radius 2 is 1.95 bits per heavy atom. The number of hydrogen-bond donors (Lipinski definition) is 2. The fourth-order valence-electron chi connectivity index (χ4n) is 2.46. The van der Waals surface area contributed by atoms with E-state index in [1.54, 1.807) is 30.3 Å². The van der Waals surface area contributed by atoms with Crippen molar-refractivity contribution >= 4 is 11.9 Å². The van der Waals surface area contributed by atoms with Crippen LogP contribution in [0.25, 0.3) is 0 Å². The molecule has 5 heteroatoms. The van der Waals surface area contributed by atoms with E-state index in [9.17, 15) is 19.8 Å². The van der Waals surface area contributed by atoms with Crippen LogP contribution in [-0.2, 0) is 9.59 Å². The Kier molecular flexibility index (Phi) is 3.57. The van der Waals surface area contributed by atoms with Gasteiger partial charge in [0.2, 0.25) is 0 Å². The number of carboxylic acid groups (broad SMARTS) is 1. The van der Waals surface area contributed by atoms with Gasteiger partial charge in [0.1, 0.15) is 5.54 Å². The van der Waals surface area contributed by atoms with Gasteiger partial charge in [-0.05, 0) is 25.3 Å². The molecule has 5 nitrogen and oxygen atoms in total. The molecule has 2 N–H and O–H groups in total. The fraction of sp³-hybridized carbons (Fsp3) is 0.429. The van der Waals surface area contributed by atoms with Crippen molar-refractivity contribution in [1.29, 1.82) is 0 Å². The summed E-state index contributed by atoms with van der Waals surface area (Å²) in [5.74, 6) is -1.58. The van der Waals surface area contributed by atoms with Gasteiger partial charge in [-0.1, -0.05) is 30.3 Å². The monoisotopic (exact) mass is 263 g/mol. The lowest BCUT2D eigenvalue weighted by Gasteiger charge is -2.32. The molecule has 0 spiro atoms. The Labute approximate surface area is 111 Å². The van der Waals surface area contributed by atoms with E-state index in [2.05, 4.69) is 0 Å². The van der Waals surface area contributed by atoms with Crippen molar-refractivity contribution in [3.8, 4) is 0 Å². The highest BCUT2D eigenvalue weighted by molar-refractivity contribution is 5.90. The fourth-order valence-corrected chi connectivity index (χ4v) is 2.46. The molecule has 1 amide bonds. The van der Waals surface area contributed by atoms with Crippen molar-refractivity contribution < 1.29 is 19.8 Å². The molecular weight excluding hydrogens is 246 g/mol. The van der Waals surface area contributed by atoms with Crippen molar-refractivity contribution in [2.75, 3.05) is 6.54 Å². The number of hydrogen-bond acceptors (Lipinski definition) is 3. The molecule has 1 aliphatic rings. The Bertz CT molecular complexity index is 487. The van der Waals surface area contributed by atoms with Crippen LogP contribution in [0.5, 0.6) is 0 Å². The van der Waals surface area contributed by atoms with E-state index in [4.69, 9.17) is 0 Å². The molecule has 0 saturated carbocycles. The number of aliphatic carboxylic acids is 1. The lowest BCUT2D eigenvalue weighted by Crippen LogP contribution is -2.52. The van der Waals surface area contributed by atoms with E-state index in [0.29, 0.717) is 24.9 Å². The van der Waals surface area contributed by atoms with Gasteiger partial charge in [0, 0.05) is 6.54 Å². The van der Waals surface area contributed by atoms with Crippen LogP contribution >= 0.6 is 0 Å². The van der Waals surface area contributed by atoms with Gasteiger partial charge >= 0.3 is 5.97 Å². The molecule has 1 aromatic carbocycles. The van der Waals surface area contributed by atoms with E-state index in [-0.39, 0.29) is 0 Å². The van der Waals surface area contributed by atoms with Crippen molar-refractivity contribution in [2.45, 2.75) is 31.4 Å². The lowest BCUT2D eigenvalue weighted by atomic mass is 9.98. The van der Waals surface area contributed by atoms with Crippen LogP contribution < -0.4 is 0 Å². The van der Waals surface area contributed by atoms with Crippen molar-refractivity contribution in [3.05, 3.63) is 35.9 Å². The molecule has 2 unspecified atom stereocenters. The maximum Gasteiger partial charge on any atom is 0.329 e. The topological polar surface area (TPSA) is 77.8 Å². The molecule has 1 saturated heterocycles. The largest absolute Gasteiger partial charge is 0.480 e. The Morgan fingerprint density at radius 3 is 2.53 bits per heavy atom. The third kappa shape index (κ3) is 2.33. The number of aliphatic hydroxyl groups excluding tert-OH is 1. The predicted octanol–water partition coefficient (Wildman–Crippen LogP) is 1.19. The smallest absolute Gasteiger partial charge is 0.329 e. The van der Waals surface area contributed by atoms with Crippen LogP contribution in [0.15, 0.2) is 30.3 Å². The van der Waals surface area contributed by atoms with Crippen LogP contribution in [0.1, 0.15) is 31.4 Å². The molecule has 1 aliphatic heterocycles. The average molecular weight is 263 g/mol. The van der Waals surface area contributed by atoms with Crippen molar-refractivity contribution in [1.82, 2.24) is 4.90 Å². The first-order valence-electron chi connectivity index (χ1n) is 6.25. The van der Waals surface area contributed by atoms with Crippen LogP contribution in [0.2, 0.25) is 0 Å². The van der Waals surface area contributed by atoms with E-state index in [1.807, 2.05) is 0 Å². The summed E-state index contributed by atoms with van der Waals surface area (Å²) in [6.07, 6.45) is -0.260. The number of benzene rings is 1. The normalized spacial score (nSPS) is 24.2. The van der Waals surface area contributed by atoms with Gasteiger partial charge in [0.25, 0.3) is 5.91 Å². The average Bonchev–Trinajstić information content (AvgIpc) is 2.81. The highest BCUT2D eigenvalue weighted by Gasteiger charge is 2.47. The van der Waals surface area contributed by atoms with Crippen LogP contribution in [0.3, 0.4) is 0 Å². The quantitative estimate of drug-likeness (QED) is 0.858. The zero-order valence-electron chi connectivity index (χ0n) is 10.7. The zero-order valence-corrected chi connectivity index (χ0v) is 10.7. The van der Waals surface area contributed by atoms with E-state index in [1.165, 1.54) is 11.8 Å². The molecule has 2 atom stereocenters. The van der Waals surface area contributed by atoms with Gasteiger partial charge in [-0.2, -0.15) is 0 Å². The highest BCUT2D eigenvalue weighted by Crippen LogP contribution is 2.32. The first kappa shape index (κ1) is 13.5. The molecule has 0 aromatic heterocycles. The molecule has 1 aromatic rings. The summed E-state index contributed by atoms with van der Waals surface area (Å²) >= 11 is 0. The van der Waals surface area contributed by atoms with Crippen LogP contribution in [0.4, 0.5) is 0 Å². The standard InChI is InChI=1S/C14H17NO4/c1-14(13(18)19)8-5-9-15(14)12(17)11(16)10-6-3-2-4-7-10/h2-4,6-7,11,16H,5,8-9H2,1H3,(H,18,19). The number of likely N-dealkylation sites (tertiary alicyclic amines) is 1. The molecule has 0 aliphatic carbocycles. The molecule has 0 bridgehead atoms. The van der Waals surface area contributed by atoms with Crippen molar-refractivity contribution in [3.63, 3.8) is 0 Å². The first-order valence-corrected chi connectivity index (χ1v) is 6.25. The maximum atomic E-state index is 12.3. The van der Waals surface area contributed by atoms with Crippen LogP contribution in [0, 0.1) is 0 Å². The second-order valence-corrected chi connectivity index (χ2v) is 4.99. The van der Waals surface area contributed by atoms with Gasteiger partial charge < -0.3 is 15.1 Å². The Morgan fingerprint density at radius 1 is 1.32 bits per heavy atom. The number of nitrogens with zero attached hydrogens (tertiary/aromatic N) is 1. The third-order valence-corrected chi connectivity index (χ3v) is 3.72. The van der Waals surface area contributed by atoms with E-state index >= 15 is 0 Å². The molecular formula is C14H17NO4. The summed E-state index contributed by atoms with van der Waals surface area (Å²) in [6.45, 7) is 1.89. The summed E-state index contributed by atoms with van der Waals surface area (Å²) in [5, 5.41) is 19.3. The summed E-state index contributed by atoms with van der Waals surface area (Å²) in [7, 11) is 0. The molecule has 102 valence electrons. The predicted molar refractivity (Wildman–Crippen MR) is 68.4 cm³/mol. The summed E-state index contributed by atoms with van der Waals surface area (Å²) in [5.41, 5.74) is -0.737. The number of carbonyl (C=O) groups excluding carboxylic acids is 1. The van der Waals surface area contributed by atoms with Gasteiger partial charge in [-0.3, -0.25) is 4.79 Å². The van der Waals surface area contributed by atoms with Gasteiger partial charge in [0.15, 0.2) is 6.10 Å². The first-order chi connectivity index (χ1) is 8.97. The molecule has 2 rings (SSSR count). The number of rotatable bonds is 3. The Hall–Kier alpha value is -1.88. The number of carbonyl (C=O) groups is 2. The zero-order chi connectivity index (χ0) is 14.0. The minimum Gasteiger partial charge on any atom is -0.480 e. The number of carboxylic acids is 1. The highest BCUT2D eigenvalue weighted by atomic mass is 16.4. The van der Waals surface area contributed by atoms with Gasteiger partial charge in [0.05, 0.1) is 0 Å². The number of aliphatic hydroxyl groups is 1. The molecule has 19 heavy (non-hydrogen) atoms. The summed E-state index contributed by atoms with van der Waals surface area (Å²) < 4.78 is 0. The van der Waals surface area contributed by atoms with E-state index < -0.39 is 23.5 Å². The number of amides is 1. The second kappa shape index (κ2) is 5.01. The SMILES string of the molecule is CC1(C(=O)O)CCCN1C(=O)C(O)c1ccccc1. The minimum absolute atomic E-state index is 0.367. The molecule has 1 fully saturated rings. The molecule has 1 heterocycles. The van der Waals surface area contributed by atoms with Gasteiger partial charge in [-0.15, -0.1) is 0 Å². The maximum absolute atomic E-state index is 12.3.